The minimum atomic E-state index is -0.930. The molecule has 158 valence electrons. The maximum atomic E-state index is 12.5. The zero-order chi connectivity index (χ0) is 22.2. The van der Waals surface area contributed by atoms with Crippen molar-refractivity contribution in [2.75, 3.05) is 6.54 Å². The molecule has 0 bridgehead atoms. The minimum Gasteiger partial charge on any atom is -0.449 e. The molecule has 0 fully saturated rings. The van der Waals surface area contributed by atoms with Gasteiger partial charge in [-0.15, -0.1) is 0 Å². The highest BCUT2D eigenvalue weighted by Gasteiger charge is 2.20. The Morgan fingerprint density at radius 1 is 0.742 bits per heavy atom. The van der Waals surface area contributed by atoms with Gasteiger partial charge in [0.1, 0.15) is 0 Å². The standard InChI is InChI=1S/C26H25NO4/c1-18(20-9-5-3-6-10-20)17-27-25(29)19(2)31-26(30)23-15-13-22(14-16-23)24(28)21-11-7-4-8-12-21/h3-16,18-19H,17H2,1-2H3,(H,27,29)/t18-,19-/m0/s1. The van der Waals surface area contributed by atoms with Crippen molar-refractivity contribution < 1.29 is 19.1 Å². The molecule has 0 aliphatic rings. The number of hydrogen-bond donors (Lipinski definition) is 1. The van der Waals surface area contributed by atoms with Crippen LogP contribution in [0.5, 0.6) is 0 Å². The summed E-state index contributed by atoms with van der Waals surface area (Å²) in [7, 11) is 0. The molecule has 0 unspecified atom stereocenters. The number of ether oxygens (including phenoxy) is 1. The SMILES string of the molecule is C[C@H](OC(=O)c1ccc(C(=O)c2ccccc2)cc1)C(=O)NC[C@H](C)c1ccccc1. The first-order valence-corrected chi connectivity index (χ1v) is 10.2. The van der Waals surface area contributed by atoms with E-state index in [2.05, 4.69) is 5.32 Å². The summed E-state index contributed by atoms with van der Waals surface area (Å²) < 4.78 is 5.29. The van der Waals surface area contributed by atoms with Gasteiger partial charge in [-0.25, -0.2) is 4.79 Å². The first-order valence-electron chi connectivity index (χ1n) is 10.2. The molecule has 0 saturated carbocycles. The van der Waals surface area contributed by atoms with Crippen molar-refractivity contribution >= 4 is 17.7 Å². The lowest BCUT2D eigenvalue weighted by atomic mass is 10.0. The quantitative estimate of drug-likeness (QED) is 0.438. The minimum absolute atomic E-state index is 0.124. The fourth-order valence-corrected chi connectivity index (χ4v) is 3.09. The van der Waals surface area contributed by atoms with Gasteiger partial charge in [-0.1, -0.05) is 79.7 Å². The van der Waals surface area contributed by atoms with Crippen LogP contribution in [0.3, 0.4) is 0 Å². The summed E-state index contributed by atoms with van der Waals surface area (Å²) in [6, 6.07) is 25.0. The third-order valence-corrected chi connectivity index (χ3v) is 5.02. The van der Waals surface area contributed by atoms with Crippen LogP contribution in [0, 0.1) is 0 Å². The number of esters is 1. The van der Waals surface area contributed by atoms with Crippen molar-refractivity contribution in [3.05, 3.63) is 107 Å². The van der Waals surface area contributed by atoms with Crippen molar-refractivity contribution in [3.8, 4) is 0 Å². The van der Waals surface area contributed by atoms with Crippen LogP contribution in [0.25, 0.3) is 0 Å². The molecule has 3 rings (SSSR count). The number of carbonyl (C=O) groups is 3. The van der Waals surface area contributed by atoms with Crippen molar-refractivity contribution in [1.29, 1.82) is 0 Å². The van der Waals surface area contributed by atoms with Crippen LogP contribution in [0.4, 0.5) is 0 Å². The van der Waals surface area contributed by atoms with Crippen LogP contribution in [-0.4, -0.2) is 30.3 Å². The van der Waals surface area contributed by atoms with Gasteiger partial charge in [-0.3, -0.25) is 9.59 Å². The molecule has 0 aliphatic heterocycles. The van der Waals surface area contributed by atoms with E-state index >= 15 is 0 Å². The second-order valence-corrected chi connectivity index (χ2v) is 7.38. The van der Waals surface area contributed by atoms with E-state index in [0.29, 0.717) is 17.7 Å². The van der Waals surface area contributed by atoms with E-state index in [4.69, 9.17) is 4.74 Å². The number of amides is 1. The maximum absolute atomic E-state index is 12.5. The highest BCUT2D eigenvalue weighted by Crippen LogP contribution is 2.14. The van der Waals surface area contributed by atoms with Gasteiger partial charge in [0, 0.05) is 17.7 Å². The van der Waals surface area contributed by atoms with Crippen molar-refractivity contribution in [2.24, 2.45) is 0 Å². The number of rotatable bonds is 8. The Labute approximate surface area is 182 Å². The van der Waals surface area contributed by atoms with E-state index in [1.165, 1.54) is 19.1 Å². The fraction of sp³-hybridized carbons (Fsp3) is 0.192. The molecular formula is C26H25NO4. The highest BCUT2D eigenvalue weighted by atomic mass is 16.5. The van der Waals surface area contributed by atoms with E-state index in [1.54, 1.807) is 36.4 Å². The van der Waals surface area contributed by atoms with E-state index in [1.807, 2.05) is 43.3 Å². The second kappa shape index (κ2) is 10.3. The predicted molar refractivity (Wildman–Crippen MR) is 119 cm³/mol. The van der Waals surface area contributed by atoms with Crippen molar-refractivity contribution in [1.82, 2.24) is 5.32 Å². The average molecular weight is 415 g/mol. The Hall–Kier alpha value is -3.73. The summed E-state index contributed by atoms with van der Waals surface area (Å²) in [6.45, 7) is 4.00. The molecule has 5 heteroatoms. The Morgan fingerprint density at radius 2 is 1.26 bits per heavy atom. The van der Waals surface area contributed by atoms with Gasteiger partial charge >= 0.3 is 5.97 Å². The molecule has 31 heavy (non-hydrogen) atoms. The zero-order valence-corrected chi connectivity index (χ0v) is 17.6. The Bertz CT molecular complexity index is 1030. The average Bonchev–Trinajstić information content (AvgIpc) is 2.82. The summed E-state index contributed by atoms with van der Waals surface area (Å²) >= 11 is 0. The lowest BCUT2D eigenvalue weighted by Crippen LogP contribution is -2.37. The molecule has 3 aromatic carbocycles. The summed E-state index contributed by atoms with van der Waals surface area (Å²) in [4.78, 5) is 37.2. The van der Waals surface area contributed by atoms with Gasteiger partial charge in [0.25, 0.3) is 5.91 Å². The van der Waals surface area contributed by atoms with E-state index in [0.717, 1.165) is 5.56 Å². The first kappa shape index (κ1) is 22.0. The van der Waals surface area contributed by atoms with Gasteiger partial charge < -0.3 is 10.1 Å². The number of benzene rings is 3. The number of hydrogen-bond acceptors (Lipinski definition) is 4. The van der Waals surface area contributed by atoms with E-state index in [9.17, 15) is 14.4 Å². The summed E-state index contributed by atoms with van der Waals surface area (Å²) in [5.74, 6) is -0.951. The number of carbonyl (C=O) groups excluding carboxylic acids is 3. The summed E-state index contributed by atoms with van der Waals surface area (Å²) in [6.07, 6.45) is -0.930. The molecule has 0 spiro atoms. The molecule has 0 heterocycles. The van der Waals surface area contributed by atoms with Crippen LogP contribution in [-0.2, 0) is 9.53 Å². The summed E-state index contributed by atoms with van der Waals surface area (Å²) in [5, 5.41) is 2.82. The number of ketones is 1. The number of nitrogens with one attached hydrogen (secondary N) is 1. The molecule has 0 aromatic heterocycles. The van der Waals surface area contributed by atoms with Crippen molar-refractivity contribution in [3.63, 3.8) is 0 Å². The maximum Gasteiger partial charge on any atom is 0.338 e. The molecule has 5 nitrogen and oxygen atoms in total. The lowest BCUT2D eigenvalue weighted by Gasteiger charge is -2.16. The highest BCUT2D eigenvalue weighted by molar-refractivity contribution is 6.09. The molecule has 0 radical (unpaired) electrons. The van der Waals surface area contributed by atoms with Crippen LogP contribution in [0.2, 0.25) is 0 Å². The second-order valence-electron chi connectivity index (χ2n) is 7.38. The largest absolute Gasteiger partial charge is 0.449 e. The summed E-state index contributed by atoms with van der Waals surface area (Å²) in [5.41, 5.74) is 2.45. The van der Waals surface area contributed by atoms with Gasteiger partial charge in [-0.2, -0.15) is 0 Å². The van der Waals surface area contributed by atoms with Gasteiger partial charge in [0.05, 0.1) is 5.56 Å². The first-order chi connectivity index (χ1) is 15.0. The Balaban J connectivity index is 1.53. The van der Waals surface area contributed by atoms with E-state index < -0.39 is 12.1 Å². The molecule has 1 N–H and O–H groups in total. The van der Waals surface area contributed by atoms with Gasteiger partial charge in [0.15, 0.2) is 11.9 Å². The van der Waals surface area contributed by atoms with Crippen molar-refractivity contribution in [2.45, 2.75) is 25.9 Å². The van der Waals surface area contributed by atoms with Crippen LogP contribution in [0.1, 0.15) is 51.6 Å². The molecule has 0 aliphatic carbocycles. The zero-order valence-electron chi connectivity index (χ0n) is 17.6. The normalized spacial score (nSPS) is 12.5. The third-order valence-electron chi connectivity index (χ3n) is 5.02. The predicted octanol–water partition coefficient (Wildman–Crippen LogP) is 4.38. The topological polar surface area (TPSA) is 72.5 Å². The van der Waals surface area contributed by atoms with Gasteiger partial charge in [-0.05, 0) is 30.5 Å². The van der Waals surface area contributed by atoms with Gasteiger partial charge in [0.2, 0.25) is 0 Å². The third kappa shape index (κ3) is 5.89. The monoisotopic (exact) mass is 415 g/mol. The molecule has 2 atom stereocenters. The van der Waals surface area contributed by atoms with E-state index in [-0.39, 0.29) is 23.2 Å². The fourth-order valence-electron chi connectivity index (χ4n) is 3.09. The molecular weight excluding hydrogens is 390 g/mol. The van der Waals surface area contributed by atoms with Crippen LogP contribution < -0.4 is 5.32 Å². The van der Waals surface area contributed by atoms with Crippen LogP contribution in [0.15, 0.2) is 84.9 Å². The molecule has 1 amide bonds. The lowest BCUT2D eigenvalue weighted by molar-refractivity contribution is -0.129. The Morgan fingerprint density at radius 3 is 1.87 bits per heavy atom. The van der Waals surface area contributed by atoms with Crippen LogP contribution >= 0.6 is 0 Å². The molecule has 3 aromatic rings. The smallest absolute Gasteiger partial charge is 0.338 e. The Kier molecular flexibility index (Phi) is 7.33. The molecule has 0 saturated heterocycles.